The second-order valence-corrected chi connectivity index (χ2v) is 4.50. The van der Waals surface area contributed by atoms with E-state index in [1.807, 2.05) is 19.1 Å². The number of rotatable bonds is 6. The smallest absolute Gasteiger partial charge is 0.346 e. The van der Waals surface area contributed by atoms with Crippen molar-refractivity contribution in [3.05, 3.63) is 35.2 Å². The van der Waals surface area contributed by atoms with Gasteiger partial charge in [-0.1, -0.05) is 6.07 Å². The molecule has 0 unspecified atom stereocenters. The van der Waals surface area contributed by atoms with Gasteiger partial charge in [-0.25, -0.2) is 4.79 Å². The van der Waals surface area contributed by atoms with Gasteiger partial charge >= 0.3 is 5.97 Å². The first-order valence-electron chi connectivity index (χ1n) is 6.53. The maximum atomic E-state index is 11.1. The summed E-state index contributed by atoms with van der Waals surface area (Å²) in [7, 11) is 1.55. The van der Waals surface area contributed by atoms with Crippen molar-refractivity contribution < 1.29 is 19.4 Å². The summed E-state index contributed by atoms with van der Waals surface area (Å²) in [6, 6.07) is 5.35. The van der Waals surface area contributed by atoms with Gasteiger partial charge in [-0.3, -0.25) is 4.40 Å². The van der Waals surface area contributed by atoms with Crippen LogP contribution >= 0.6 is 0 Å². The van der Waals surface area contributed by atoms with Crippen molar-refractivity contribution in [2.24, 2.45) is 0 Å². The number of methoxy groups -OCH3 is 1. The summed E-state index contributed by atoms with van der Waals surface area (Å²) in [6.07, 6.45) is 2.99. The molecule has 0 fully saturated rings. The van der Waals surface area contributed by atoms with E-state index in [2.05, 4.69) is 4.98 Å². The van der Waals surface area contributed by atoms with Crippen molar-refractivity contribution in [3.8, 4) is 11.9 Å². The molecular weight excluding hydrogens is 286 g/mol. The van der Waals surface area contributed by atoms with E-state index >= 15 is 0 Å². The van der Waals surface area contributed by atoms with Gasteiger partial charge < -0.3 is 14.6 Å². The van der Waals surface area contributed by atoms with Crippen molar-refractivity contribution in [2.75, 3.05) is 20.3 Å². The summed E-state index contributed by atoms with van der Waals surface area (Å²) in [4.78, 5) is 15.4. The van der Waals surface area contributed by atoms with E-state index in [1.165, 1.54) is 6.08 Å². The summed E-state index contributed by atoms with van der Waals surface area (Å²) in [5, 5.41) is 18.0. The monoisotopic (exact) mass is 301 g/mol. The van der Waals surface area contributed by atoms with Gasteiger partial charge in [-0.15, -0.1) is 0 Å². The van der Waals surface area contributed by atoms with Crippen LogP contribution in [0.5, 0.6) is 5.88 Å². The Morgan fingerprint density at radius 1 is 1.55 bits per heavy atom. The molecule has 0 aliphatic heterocycles. The molecule has 7 heteroatoms. The van der Waals surface area contributed by atoms with E-state index in [-0.39, 0.29) is 18.1 Å². The molecule has 0 saturated heterocycles. The van der Waals surface area contributed by atoms with Gasteiger partial charge in [0.15, 0.2) is 0 Å². The van der Waals surface area contributed by atoms with Gasteiger partial charge in [0.05, 0.1) is 6.61 Å². The van der Waals surface area contributed by atoms with Gasteiger partial charge in [0.1, 0.15) is 29.6 Å². The highest BCUT2D eigenvalue weighted by molar-refractivity contribution is 5.96. The largest absolute Gasteiger partial charge is 0.477 e. The second kappa shape index (κ2) is 6.74. The van der Waals surface area contributed by atoms with Crippen LogP contribution in [0.15, 0.2) is 23.9 Å². The second-order valence-electron chi connectivity index (χ2n) is 4.50. The van der Waals surface area contributed by atoms with Crippen molar-refractivity contribution in [3.63, 3.8) is 0 Å². The fourth-order valence-electron chi connectivity index (χ4n) is 1.94. The molecule has 0 saturated carbocycles. The van der Waals surface area contributed by atoms with Gasteiger partial charge in [0.2, 0.25) is 5.88 Å². The molecule has 0 bridgehead atoms. The zero-order chi connectivity index (χ0) is 16.1. The molecule has 0 aliphatic carbocycles. The number of carboxylic acids is 1. The first-order valence-corrected chi connectivity index (χ1v) is 6.53. The summed E-state index contributed by atoms with van der Waals surface area (Å²) >= 11 is 0. The molecule has 1 N–H and O–H groups in total. The van der Waals surface area contributed by atoms with Gasteiger partial charge in [-0.2, -0.15) is 10.2 Å². The standard InChI is InChI=1S/C15H15N3O4/c1-10-4-3-5-18-12(8-11(9-16)15(19)20)14(17-13(10)18)22-7-6-21-2/h3-5,8H,6-7H2,1-2H3,(H,19,20)/b11-8+. The average molecular weight is 301 g/mol. The highest BCUT2D eigenvalue weighted by Crippen LogP contribution is 2.24. The molecule has 0 atom stereocenters. The fourth-order valence-corrected chi connectivity index (χ4v) is 1.94. The first kappa shape index (κ1) is 15.5. The Labute approximate surface area is 127 Å². The van der Waals surface area contributed by atoms with Crippen molar-refractivity contribution in [1.82, 2.24) is 9.38 Å². The summed E-state index contributed by atoms with van der Waals surface area (Å²) < 4.78 is 12.2. The number of aliphatic carboxylic acids is 1. The Bertz CT molecular complexity index is 771. The fraction of sp³-hybridized carbons (Fsp3) is 0.267. The number of ether oxygens (including phenoxy) is 2. The molecule has 2 rings (SSSR count). The number of nitrogens with zero attached hydrogens (tertiary/aromatic N) is 3. The number of aromatic nitrogens is 2. The minimum atomic E-state index is -1.30. The Morgan fingerprint density at radius 2 is 2.32 bits per heavy atom. The highest BCUT2D eigenvalue weighted by Gasteiger charge is 2.16. The third kappa shape index (κ3) is 3.07. The van der Waals surface area contributed by atoms with E-state index in [1.54, 1.807) is 23.8 Å². The third-order valence-corrected chi connectivity index (χ3v) is 3.01. The van der Waals surface area contributed by atoms with Crippen LogP contribution in [0.3, 0.4) is 0 Å². The van der Waals surface area contributed by atoms with Crippen LogP contribution in [-0.4, -0.2) is 40.8 Å². The number of carbonyl (C=O) groups is 1. The van der Waals surface area contributed by atoms with Gasteiger partial charge in [0, 0.05) is 13.3 Å². The Balaban J connectivity index is 2.58. The first-order chi connectivity index (χ1) is 10.6. The number of fused-ring (bicyclic) bond motifs is 1. The predicted molar refractivity (Wildman–Crippen MR) is 78.5 cm³/mol. The van der Waals surface area contributed by atoms with E-state index < -0.39 is 5.97 Å². The number of pyridine rings is 1. The van der Waals surface area contributed by atoms with Crippen molar-refractivity contribution >= 4 is 17.7 Å². The average Bonchev–Trinajstić information content (AvgIpc) is 2.84. The Morgan fingerprint density at radius 3 is 2.95 bits per heavy atom. The normalized spacial score (nSPS) is 11.4. The highest BCUT2D eigenvalue weighted by atomic mass is 16.5. The molecule has 0 spiro atoms. The van der Waals surface area contributed by atoms with Crippen LogP contribution in [0, 0.1) is 18.3 Å². The third-order valence-electron chi connectivity index (χ3n) is 3.01. The van der Waals surface area contributed by atoms with Crippen molar-refractivity contribution in [1.29, 1.82) is 5.26 Å². The van der Waals surface area contributed by atoms with Crippen LogP contribution in [0.4, 0.5) is 0 Å². The molecule has 2 heterocycles. The number of hydrogen-bond acceptors (Lipinski definition) is 5. The predicted octanol–water partition coefficient (Wildman–Crippen LogP) is 1.66. The lowest BCUT2D eigenvalue weighted by molar-refractivity contribution is -0.132. The lowest BCUT2D eigenvalue weighted by atomic mass is 10.2. The van der Waals surface area contributed by atoms with Crippen LogP contribution in [-0.2, 0) is 9.53 Å². The summed E-state index contributed by atoms with van der Waals surface area (Å²) in [5.74, 6) is -1.03. The van der Waals surface area contributed by atoms with Gasteiger partial charge in [-0.05, 0) is 24.6 Å². The maximum Gasteiger partial charge on any atom is 0.346 e. The van der Waals surface area contributed by atoms with E-state index in [9.17, 15) is 4.79 Å². The maximum absolute atomic E-state index is 11.1. The molecule has 22 heavy (non-hydrogen) atoms. The summed E-state index contributed by atoms with van der Waals surface area (Å²) in [6.45, 7) is 2.53. The molecular formula is C15H15N3O4. The van der Waals surface area contributed by atoms with Crippen LogP contribution in [0.1, 0.15) is 11.3 Å². The molecule has 2 aromatic rings. The molecule has 2 aromatic heterocycles. The minimum Gasteiger partial charge on any atom is -0.477 e. The molecule has 0 amide bonds. The lowest BCUT2D eigenvalue weighted by Crippen LogP contribution is -2.06. The summed E-state index contributed by atoms with van der Waals surface area (Å²) in [5.41, 5.74) is 1.57. The van der Waals surface area contributed by atoms with Crippen molar-refractivity contribution in [2.45, 2.75) is 6.92 Å². The van der Waals surface area contributed by atoms with Crippen LogP contribution in [0.25, 0.3) is 11.7 Å². The zero-order valence-electron chi connectivity index (χ0n) is 12.2. The van der Waals surface area contributed by atoms with Crippen LogP contribution in [0.2, 0.25) is 0 Å². The van der Waals surface area contributed by atoms with E-state index in [0.29, 0.717) is 17.9 Å². The van der Waals surface area contributed by atoms with Gasteiger partial charge in [0.25, 0.3) is 0 Å². The van der Waals surface area contributed by atoms with E-state index in [0.717, 1.165) is 5.56 Å². The number of aryl methyl sites for hydroxylation is 1. The van der Waals surface area contributed by atoms with Crippen LogP contribution < -0.4 is 4.74 Å². The quantitative estimate of drug-likeness (QED) is 0.495. The Kier molecular flexibility index (Phi) is 4.76. The minimum absolute atomic E-state index is 0.264. The molecule has 0 aromatic carbocycles. The lowest BCUT2D eigenvalue weighted by Gasteiger charge is -2.03. The SMILES string of the molecule is COCCOc1nc2c(C)cccn2c1/C=C(\C#N)C(=O)O. The number of imidazole rings is 1. The number of nitriles is 1. The molecule has 7 nitrogen and oxygen atoms in total. The molecule has 0 aliphatic rings. The zero-order valence-corrected chi connectivity index (χ0v) is 12.2. The number of hydrogen-bond donors (Lipinski definition) is 1. The number of carboxylic acid groups (broad SMARTS) is 1. The topological polar surface area (TPSA) is 96.9 Å². The van der Waals surface area contributed by atoms with E-state index in [4.69, 9.17) is 19.8 Å². The Hall–Kier alpha value is -2.85. The molecule has 114 valence electrons. The molecule has 0 radical (unpaired) electrons.